The van der Waals surface area contributed by atoms with Crippen LogP contribution in [-0.4, -0.2) is 28.9 Å². The molecule has 0 bridgehead atoms. The van der Waals surface area contributed by atoms with E-state index in [0.29, 0.717) is 0 Å². The number of aromatic nitrogens is 1. The van der Waals surface area contributed by atoms with Gasteiger partial charge in [-0.3, -0.25) is 4.79 Å². The Labute approximate surface area is 112 Å². The van der Waals surface area contributed by atoms with E-state index in [4.69, 9.17) is 23.2 Å². The van der Waals surface area contributed by atoms with Gasteiger partial charge in [-0.2, -0.15) is 4.37 Å². The quantitative estimate of drug-likeness (QED) is 0.868. The first-order chi connectivity index (χ1) is 7.79. The summed E-state index contributed by atoms with van der Waals surface area (Å²) in [6.07, 6.45) is 0. The van der Waals surface area contributed by atoms with Gasteiger partial charge >= 0.3 is 5.97 Å². The average Bonchev–Trinajstić information content (AvgIpc) is 2.58. The molecular formula is C9H10Cl2N2O3S. The zero-order valence-electron chi connectivity index (χ0n) is 9.34. The zero-order chi connectivity index (χ0) is 13.2. The van der Waals surface area contributed by atoms with E-state index in [2.05, 4.69) is 14.4 Å². The second kappa shape index (κ2) is 5.20. The molecule has 1 aromatic rings. The molecule has 0 spiro atoms. The van der Waals surface area contributed by atoms with Crippen molar-refractivity contribution in [3.8, 4) is 0 Å². The zero-order valence-corrected chi connectivity index (χ0v) is 11.7. The van der Waals surface area contributed by atoms with E-state index in [9.17, 15) is 9.59 Å². The van der Waals surface area contributed by atoms with Crippen LogP contribution in [0.15, 0.2) is 0 Å². The van der Waals surface area contributed by atoms with Crippen LogP contribution in [0.2, 0.25) is 9.36 Å². The first kappa shape index (κ1) is 14.2. The summed E-state index contributed by atoms with van der Waals surface area (Å²) in [7, 11) is 1.24. The summed E-state index contributed by atoms with van der Waals surface area (Å²) in [6, 6.07) is 0. The molecule has 0 aliphatic heterocycles. The van der Waals surface area contributed by atoms with Crippen molar-refractivity contribution in [2.24, 2.45) is 0 Å². The van der Waals surface area contributed by atoms with E-state index in [1.165, 1.54) is 21.0 Å². The van der Waals surface area contributed by atoms with Crippen molar-refractivity contribution in [3.63, 3.8) is 0 Å². The van der Waals surface area contributed by atoms with Gasteiger partial charge in [0.15, 0.2) is 5.69 Å². The highest BCUT2D eigenvalue weighted by molar-refractivity contribution is 7.11. The number of halogens is 2. The molecule has 0 aliphatic rings. The van der Waals surface area contributed by atoms with Crippen LogP contribution in [0.1, 0.15) is 24.3 Å². The van der Waals surface area contributed by atoms with E-state index in [1.807, 2.05) is 0 Å². The number of nitrogens with zero attached hydrogens (tertiary/aromatic N) is 1. The first-order valence-electron chi connectivity index (χ1n) is 4.51. The first-order valence-corrected chi connectivity index (χ1v) is 6.04. The number of hydrogen-bond acceptors (Lipinski definition) is 5. The molecule has 94 valence electrons. The highest BCUT2D eigenvalue weighted by Gasteiger charge is 2.32. The van der Waals surface area contributed by atoms with E-state index in [0.717, 1.165) is 11.5 Å². The topological polar surface area (TPSA) is 68.3 Å². The van der Waals surface area contributed by atoms with Crippen molar-refractivity contribution >= 4 is 46.6 Å². The molecule has 0 saturated heterocycles. The van der Waals surface area contributed by atoms with Gasteiger partial charge in [0, 0.05) is 0 Å². The van der Waals surface area contributed by atoms with Crippen molar-refractivity contribution in [1.82, 2.24) is 9.69 Å². The van der Waals surface area contributed by atoms with Crippen LogP contribution < -0.4 is 5.32 Å². The molecule has 1 aromatic heterocycles. The predicted molar refractivity (Wildman–Crippen MR) is 65.7 cm³/mol. The molecule has 1 rings (SSSR count). The molecular weight excluding hydrogens is 287 g/mol. The van der Waals surface area contributed by atoms with Gasteiger partial charge in [-0.15, -0.1) is 0 Å². The normalized spacial score (nSPS) is 11.1. The van der Waals surface area contributed by atoms with Crippen LogP contribution >= 0.6 is 34.7 Å². The number of nitrogens with one attached hydrogen (secondary N) is 1. The summed E-state index contributed by atoms with van der Waals surface area (Å²) in [6.45, 7) is 3.03. The number of hydrogen-bond donors (Lipinski definition) is 1. The van der Waals surface area contributed by atoms with Crippen LogP contribution in [0, 0.1) is 0 Å². The number of carbonyl (C=O) groups excluding carboxylic acids is 2. The monoisotopic (exact) mass is 296 g/mol. The van der Waals surface area contributed by atoms with E-state index in [-0.39, 0.29) is 15.1 Å². The van der Waals surface area contributed by atoms with Gasteiger partial charge in [0.25, 0.3) is 5.91 Å². The molecule has 0 aromatic carbocycles. The number of rotatable bonds is 3. The average molecular weight is 297 g/mol. The third-order valence-electron chi connectivity index (χ3n) is 1.93. The van der Waals surface area contributed by atoms with Crippen LogP contribution in [0.5, 0.6) is 0 Å². The minimum absolute atomic E-state index is 0.00125. The summed E-state index contributed by atoms with van der Waals surface area (Å²) < 4.78 is 8.58. The summed E-state index contributed by atoms with van der Waals surface area (Å²) in [5.41, 5.74) is -1.16. The van der Waals surface area contributed by atoms with Crippen molar-refractivity contribution < 1.29 is 14.3 Å². The van der Waals surface area contributed by atoms with Crippen LogP contribution in [0.4, 0.5) is 0 Å². The lowest BCUT2D eigenvalue weighted by Crippen LogP contribution is -2.50. The standard InChI is InChI=1S/C9H10Cl2N2O3S/c1-9(2,8(15)16-3)12-7(14)5-4(10)6(11)17-13-5/h1-3H3,(H,12,14). The molecule has 0 saturated carbocycles. The van der Waals surface area contributed by atoms with Gasteiger partial charge in [-0.25, -0.2) is 4.79 Å². The van der Waals surface area contributed by atoms with Crippen LogP contribution in [0.3, 0.4) is 0 Å². The minimum Gasteiger partial charge on any atom is -0.467 e. The Hall–Kier alpha value is -0.850. The fourth-order valence-corrected chi connectivity index (χ4v) is 2.05. The molecule has 0 atom stereocenters. The number of methoxy groups -OCH3 is 1. The lowest BCUT2D eigenvalue weighted by Gasteiger charge is -2.22. The maximum atomic E-state index is 11.8. The molecule has 0 radical (unpaired) electrons. The van der Waals surface area contributed by atoms with Crippen molar-refractivity contribution in [2.45, 2.75) is 19.4 Å². The lowest BCUT2D eigenvalue weighted by atomic mass is 10.1. The Morgan fingerprint density at radius 3 is 2.41 bits per heavy atom. The summed E-state index contributed by atoms with van der Waals surface area (Å²) >= 11 is 12.4. The fraction of sp³-hybridized carbons (Fsp3) is 0.444. The SMILES string of the molecule is COC(=O)C(C)(C)NC(=O)c1nsc(Cl)c1Cl. The van der Waals surface area contributed by atoms with E-state index < -0.39 is 17.4 Å². The van der Waals surface area contributed by atoms with Crippen LogP contribution in [-0.2, 0) is 9.53 Å². The smallest absolute Gasteiger partial charge is 0.330 e. The lowest BCUT2D eigenvalue weighted by molar-refractivity contribution is -0.146. The second-order valence-electron chi connectivity index (χ2n) is 3.69. The Morgan fingerprint density at radius 1 is 1.41 bits per heavy atom. The van der Waals surface area contributed by atoms with E-state index >= 15 is 0 Å². The van der Waals surface area contributed by atoms with Gasteiger partial charge in [0.05, 0.1) is 7.11 Å². The molecule has 0 unspecified atom stereocenters. The van der Waals surface area contributed by atoms with Crippen molar-refractivity contribution in [2.75, 3.05) is 7.11 Å². The van der Waals surface area contributed by atoms with Crippen molar-refractivity contribution in [3.05, 3.63) is 15.1 Å². The number of carbonyl (C=O) groups is 2. The second-order valence-corrected chi connectivity index (χ2v) is 5.44. The highest BCUT2D eigenvalue weighted by Crippen LogP contribution is 2.29. The Balaban J connectivity index is 2.87. The van der Waals surface area contributed by atoms with Gasteiger partial charge < -0.3 is 10.1 Å². The number of amides is 1. The molecule has 17 heavy (non-hydrogen) atoms. The number of esters is 1. The highest BCUT2D eigenvalue weighted by atomic mass is 35.5. The fourth-order valence-electron chi connectivity index (χ4n) is 1.05. The predicted octanol–water partition coefficient (Wildman–Crippen LogP) is 2.13. The Morgan fingerprint density at radius 2 is 2.00 bits per heavy atom. The van der Waals surface area contributed by atoms with E-state index in [1.54, 1.807) is 0 Å². The summed E-state index contributed by atoms with van der Waals surface area (Å²) in [5, 5.41) is 2.54. The van der Waals surface area contributed by atoms with Gasteiger partial charge in [0.2, 0.25) is 0 Å². The van der Waals surface area contributed by atoms with Gasteiger partial charge in [-0.1, -0.05) is 23.2 Å². The Kier molecular flexibility index (Phi) is 4.35. The summed E-state index contributed by atoms with van der Waals surface area (Å²) in [5.74, 6) is -1.14. The van der Waals surface area contributed by atoms with Crippen LogP contribution in [0.25, 0.3) is 0 Å². The summed E-state index contributed by atoms with van der Waals surface area (Å²) in [4.78, 5) is 23.2. The molecule has 1 heterocycles. The third-order valence-corrected chi connectivity index (χ3v) is 3.55. The molecule has 1 amide bonds. The van der Waals surface area contributed by atoms with Crippen molar-refractivity contribution in [1.29, 1.82) is 0 Å². The third kappa shape index (κ3) is 3.08. The minimum atomic E-state index is -1.16. The number of ether oxygens (including phenoxy) is 1. The van der Waals surface area contributed by atoms with Gasteiger partial charge in [0.1, 0.15) is 14.9 Å². The molecule has 0 fully saturated rings. The molecule has 8 heteroatoms. The largest absolute Gasteiger partial charge is 0.467 e. The molecule has 5 nitrogen and oxygen atoms in total. The Bertz CT molecular complexity index is 459. The van der Waals surface area contributed by atoms with Gasteiger partial charge in [-0.05, 0) is 25.4 Å². The maximum absolute atomic E-state index is 11.8. The molecule has 0 aliphatic carbocycles. The maximum Gasteiger partial charge on any atom is 0.330 e. The molecule has 1 N–H and O–H groups in total.